The predicted octanol–water partition coefficient (Wildman–Crippen LogP) is 2.45. The number of halogens is 1. The molecule has 1 fully saturated rings. The van der Waals surface area contributed by atoms with E-state index in [4.69, 9.17) is 5.73 Å². The molecule has 1 aromatic carbocycles. The minimum absolute atomic E-state index is 0.243. The molecule has 0 amide bonds. The van der Waals surface area contributed by atoms with Gasteiger partial charge < -0.3 is 5.73 Å². The number of hydrogen-bond donors (Lipinski definition) is 1. The Labute approximate surface area is 104 Å². The van der Waals surface area contributed by atoms with E-state index in [0.29, 0.717) is 16.6 Å². The normalized spacial score (nSPS) is 26.0. The molecule has 0 aliphatic heterocycles. The Bertz CT molecular complexity index is 410. The van der Waals surface area contributed by atoms with Gasteiger partial charge in [0, 0.05) is 11.8 Å². The van der Waals surface area contributed by atoms with Crippen LogP contribution in [0.15, 0.2) is 29.2 Å². The number of hydrogen-bond acceptors (Lipinski definition) is 2. The summed E-state index contributed by atoms with van der Waals surface area (Å²) in [5.41, 5.74) is 5.96. The summed E-state index contributed by atoms with van der Waals surface area (Å²) >= 11 is 0. The van der Waals surface area contributed by atoms with Crippen LogP contribution in [0.5, 0.6) is 0 Å². The molecule has 3 atom stereocenters. The van der Waals surface area contributed by atoms with Crippen molar-refractivity contribution in [3.63, 3.8) is 0 Å². The number of nitrogens with two attached hydrogens (primary N) is 1. The molecule has 2 nitrogen and oxygen atoms in total. The number of benzene rings is 1. The molecule has 0 spiro atoms. The summed E-state index contributed by atoms with van der Waals surface area (Å²) in [5, 5.41) is 0. The molecule has 1 aliphatic carbocycles. The van der Waals surface area contributed by atoms with Crippen molar-refractivity contribution in [3.8, 4) is 0 Å². The Morgan fingerprint density at radius 3 is 2.76 bits per heavy atom. The molecule has 0 saturated heterocycles. The largest absolute Gasteiger partial charge is 0.327 e. The van der Waals surface area contributed by atoms with Crippen LogP contribution in [0, 0.1) is 11.7 Å². The molecule has 4 heteroatoms. The highest BCUT2D eigenvalue weighted by molar-refractivity contribution is 7.85. The van der Waals surface area contributed by atoms with Crippen molar-refractivity contribution in [3.05, 3.63) is 30.1 Å². The molecular formula is C13H18FNOS. The first-order valence-corrected chi connectivity index (χ1v) is 7.39. The van der Waals surface area contributed by atoms with Gasteiger partial charge in [-0.2, -0.15) is 0 Å². The highest BCUT2D eigenvalue weighted by Crippen LogP contribution is 2.27. The lowest BCUT2D eigenvalue weighted by Crippen LogP contribution is -2.25. The van der Waals surface area contributed by atoms with Gasteiger partial charge in [-0.25, -0.2) is 4.39 Å². The molecule has 2 rings (SSSR count). The third-order valence-corrected chi connectivity index (χ3v) is 4.90. The minimum atomic E-state index is -1.24. The van der Waals surface area contributed by atoms with E-state index in [1.54, 1.807) is 18.2 Å². The Balaban J connectivity index is 1.91. The molecule has 0 aromatic heterocycles. The van der Waals surface area contributed by atoms with Crippen LogP contribution in [0.25, 0.3) is 0 Å². The Hall–Kier alpha value is -0.740. The Morgan fingerprint density at radius 1 is 1.35 bits per heavy atom. The fourth-order valence-corrected chi connectivity index (χ4v) is 3.67. The van der Waals surface area contributed by atoms with E-state index in [9.17, 15) is 8.60 Å². The molecule has 2 N–H and O–H groups in total. The highest BCUT2D eigenvalue weighted by atomic mass is 32.2. The van der Waals surface area contributed by atoms with E-state index < -0.39 is 10.8 Å². The zero-order valence-electron chi connectivity index (χ0n) is 9.77. The van der Waals surface area contributed by atoms with Crippen LogP contribution in [0.2, 0.25) is 0 Å². The molecule has 1 saturated carbocycles. The summed E-state index contributed by atoms with van der Waals surface area (Å²) in [6.45, 7) is 0. The molecule has 0 radical (unpaired) electrons. The van der Waals surface area contributed by atoms with E-state index in [2.05, 4.69) is 0 Å². The SMILES string of the molecule is NC1CCCC1CCS(=O)c1ccccc1F. The smallest absolute Gasteiger partial charge is 0.139 e. The third-order valence-electron chi connectivity index (χ3n) is 3.47. The van der Waals surface area contributed by atoms with Gasteiger partial charge in [0.1, 0.15) is 5.82 Å². The van der Waals surface area contributed by atoms with Gasteiger partial charge in [-0.05, 0) is 37.3 Å². The van der Waals surface area contributed by atoms with Gasteiger partial charge in [-0.15, -0.1) is 0 Å². The maximum Gasteiger partial charge on any atom is 0.139 e. The average molecular weight is 255 g/mol. The van der Waals surface area contributed by atoms with Crippen molar-refractivity contribution in [2.75, 3.05) is 5.75 Å². The van der Waals surface area contributed by atoms with E-state index in [1.807, 2.05) is 0 Å². The van der Waals surface area contributed by atoms with Crippen molar-refractivity contribution < 1.29 is 8.60 Å². The first kappa shape index (κ1) is 12.7. The van der Waals surface area contributed by atoms with Crippen molar-refractivity contribution in [1.29, 1.82) is 0 Å². The first-order chi connectivity index (χ1) is 8.18. The summed E-state index contributed by atoms with van der Waals surface area (Å²) in [6.07, 6.45) is 4.19. The second-order valence-electron chi connectivity index (χ2n) is 4.62. The maximum atomic E-state index is 13.4. The lowest BCUT2D eigenvalue weighted by molar-refractivity contribution is 0.468. The van der Waals surface area contributed by atoms with Gasteiger partial charge >= 0.3 is 0 Å². The Morgan fingerprint density at radius 2 is 2.12 bits per heavy atom. The molecule has 1 aliphatic rings. The van der Waals surface area contributed by atoms with E-state index in [0.717, 1.165) is 25.7 Å². The summed E-state index contributed by atoms with van der Waals surface area (Å²) in [4.78, 5) is 0.319. The zero-order chi connectivity index (χ0) is 12.3. The average Bonchev–Trinajstić information content (AvgIpc) is 2.72. The van der Waals surface area contributed by atoms with Gasteiger partial charge in [-0.1, -0.05) is 18.6 Å². The van der Waals surface area contributed by atoms with Gasteiger partial charge in [0.05, 0.1) is 15.7 Å². The lowest BCUT2D eigenvalue weighted by Gasteiger charge is -2.14. The summed E-state index contributed by atoms with van der Waals surface area (Å²) in [6, 6.07) is 6.53. The third kappa shape index (κ3) is 3.13. The van der Waals surface area contributed by atoms with Crippen LogP contribution in [0.1, 0.15) is 25.7 Å². The van der Waals surface area contributed by atoms with Gasteiger partial charge in [0.15, 0.2) is 0 Å². The van der Waals surface area contributed by atoms with Crippen LogP contribution in [-0.2, 0) is 10.8 Å². The van der Waals surface area contributed by atoms with Crippen LogP contribution < -0.4 is 5.73 Å². The molecule has 94 valence electrons. The molecule has 1 aromatic rings. The van der Waals surface area contributed by atoms with Crippen molar-refractivity contribution in [2.45, 2.75) is 36.6 Å². The minimum Gasteiger partial charge on any atom is -0.327 e. The zero-order valence-corrected chi connectivity index (χ0v) is 10.6. The van der Waals surface area contributed by atoms with Crippen LogP contribution in [-0.4, -0.2) is 16.0 Å². The second kappa shape index (κ2) is 5.74. The van der Waals surface area contributed by atoms with Crippen molar-refractivity contribution >= 4 is 10.8 Å². The monoisotopic (exact) mass is 255 g/mol. The molecule has 0 bridgehead atoms. The number of rotatable bonds is 4. The second-order valence-corrected chi connectivity index (χ2v) is 6.16. The van der Waals surface area contributed by atoms with Crippen LogP contribution >= 0.6 is 0 Å². The Kier molecular flexibility index (Phi) is 4.29. The standard InChI is InChI=1S/C13H18FNOS/c14-11-5-1-2-7-13(11)17(16)9-8-10-4-3-6-12(10)15/h1-2,5,7,10,12H,3-4,6,8-9,15H2. The fraction of sp³-hybridized carbons (Fsp3) is 0.538. The quantitative estimate of drug-likeness (QED) is 0.898. The van der Waals surface area contributed by atoms with Gasteiger partial charge in [0.25, 0.3) is 0 Å². The van der Waals surface area contributed by atoms with Crippen LogP contribution in [0.3, 0.4) is 0 Å². The van der Waals surface area contributed by atoms with Gasteiger partial charge in [0.2, 0.25) is 0 Å². The van der Waals surface area contributed by atoms with Crippen LogP contribution in [0.4, 0.5) is 4.39 Å². The van der Waals surface area contributed by atoms with E-state index in [-0.39, 0.29) is 11.9 Å². The molecule has 3 unspecified atom stereocenters. The first-order valence-electron chi connectivity index (χ1n) is 6.07. The predicted molar refractivity (Wildman–Crippen MR) is 67.6 cm³/mol. The fourth-order valence-electron chi connectivity index (χ4n) is 2.42. The molecular weight excluding hydrogens is 237 g/mol. The van der Waals surface area contributed by atoms with E-state index >= 15 is 0 Å². The molecule has 0 heterocycles. The van der Waals surface area contributed by atoms with Gasteiger partial charge in [-0.3, -0.25) is 4.21 Å². The van der Waals surface area contributed by atoms with E-state index in [1.165, 1.54) is 6.07 Å². The maximum absolute atomic E-state index is 13.4. The summed E-state index contributed by atoms with van der Waals surface area (Å²) < 4.78 is 25.4. The summed E-state index contributed by atoms with van der Waals surface area (Å²) in [7, 11) is -1.24. The molecule has 17 heavy (non-hydrogen) atoms. The lowest BCUT2D eigenvalue weighted by atomic mass is 10.0. The van der Waals surface area contributed by atoms with Crippen molar-refractivity contribution in [2.24, 2.45) is 11.7 Å². The topological polar surface area (TPSA) is 43.1 Å². The summed E-state index contributed by atoms with van der Waals surface area (Å²) in [5.74, 6) is 0.603. The highest BCUT2D eigenvalue weighted by Gasteiger charge is 2.24. The van der Waals surface area contributed by atoms with Crippen molar-refractivity contribution in [1.82, 2.24) is 0 Å².